The molecule has 26 heavy (non-hydrogen) atoms. The van der Waals surface area contributed by atoms with Crippen LogP contribution in [0.4, 0.5) is 10.6 Å². The lowest BCUT2D eigenvalue weighted by Crippen LogP contribution is -2.50. The van der Waals surface area contributed by atoms with Crippen LogP contribution >= 0.6 is 0 Å². The van der Waals surface area contributed by atoms with E-state index in [1.165, 1.54) is 5.56 Å². The van der Waals surface area contributed by atoms with Gasteiger partial charge in [-0.25, -0.2) is 9.78 Å². The molecule has 2 aliphatic heterocycles. The fraction of sp³-hybridized carbons (Fsp3) is 0.500. The largest absolute Gasteiger partial charge is 0.329 e. The second-order valence-electron chi connectivity index (χ2n) is 6.79. The van der Waals surface area contributed by atoms with Crippen LogP contribution in [-0.2, 0) is 11.2 Å². The molecule has 0 aromatic carbocycles. The summed E-state index contributed by atoms with van der Waals surface area (Å²) in [4.78, 5) is 32.1. The van der Waals surface area contributed by atoms with E-state index in [-0.39, 0.29) is 11.9 Å². The summed E-state index contributed by atoms with van der Waals surface area (Å²) in [6, 6.07) is 3.71. The van der Waals surface area contributed by atoms with Crippen LogP contribution in [0.3, 0.4) is 0 Å². The fourth-order valence-corrected chi connectivity index (χ4v) is 3.66. The number of imidazole rings is 1. The van der Waals surface area contributed by atoms with E-state index >= 15 is 0 Å². The number of nitrogens with zero attached hydrogens (tertiary/aromatic N) is 4. The van der Waals surface area contributed by atoms with Gasteiger partial charge in [-0.1, -0.05) is 6.07 Å². The summed E-state index contributed by atoms with van der Waals surface area (Å²) < 4.78 is 1.94. The smallest absolute Gasteiger partial charge is 0.314 e. The Labute approximate surface area is 152 Å². The first-order valence-electron chi connectivity index (χ1n) is 9.22. The Hall–Kier alpha value is -2.45. The number of carbonyl (C=O) groups is 2. The number of anilines is 1. The van der Waals surface area contributed by atoms with Crippen molar-refractivity contribution in [3.63, 3.8) is 0 Å². The standard InChI is InChI=1S/C18H24N6O2/c25-15-5-10-24(18(26)21-15)16-13-20-17-14(4-2-9-23(16)17)3-1-8-22-11-6-19-7-12-22/h2,4,9,13,19H,1,3,5-8,10-12H2,(H,21,25,26). The first kappa shape index (κ1) is 17.0. The zero-order valence-corrected chi connectivity index (χ0v) is 14.8. The minimum absolute atomic E-state index is 0.228. The summed E-state index contributed by atoms with van der Waals surface area (Å²) in [6.07, 6.45) is 5.98. The Morgan fingerprint density at radius 1 is 1.15 bits per heavy atom. The van der Waals surface area contributed by atoms with Gasteiger partial charge in [0.2, 0.25) is 5.91 Å². The molecule has 0 radical (unpaired) electrons. The molecule has 0 aliphatic carbocycles. The van der Waals surface area contributed by atoms with Crippen LogP contribution in [0.25, 0.3) is 5.65 Å². The minimum Gasteiger partial charge on any atom is -0.314 e. The van der Waals surface area contributed by atoms with Gasteiger partial charge in [0.1, 0.15) is 11.5 Å². The van der Waals surface area contributed by atoms with Gasteiger partial charge in [0.25, 0.3) is 0 Å². The van der Waals surface area contributed by atoms with Crippen molar-refractivity contribution in [1.29, 1.82) is 0 Å². The molecule has 2 aliphatic rings. The SMILES string of the molecule is O=C1CCN(c2cnc3c(CCCN4CCNCC4)cccn23)C(=O)N1. The van der Waals surface area contributed by atoms with Crippen LogP contribution < -0.4 is 15.5 Å². The number of imide groups is 1. The highest BCUT2D eigenvalue weighted by atomic mass is 16.2. The van der Waals surface area contributed by atoms with E-state index in [1.54, 1.807) is 11.1 Å². The van der Waals surface area contributed by atoms with E-state index in [4.69, 9.17) is 0 Å². The average Bonchev–Trinajstić information content (AvgIpc) is 3.07. The predicted octanol–water partition coefficient (Wildman–Crippen LogP) is 0.618. The highest BCUT2D eigenvalue weighted by molar-refractivity contribution is 6.05. The Balaban J connectivity index is 1.48. The molecule has 2 N–H and O–H groups in total. The molecule has 0 atom stereocenters. The Morgan fingerprint density at radius 2 is 2.00 bits per heavy atom. The molecule has 8 heteroatoms. The molecular weight excluding hydrogens is 332 g/mol. The molecule has 0 spiro atoms. The number of rotatable bonds is 5. The molecule has 4 rings (SSSR count). The molecule has 138 valence electrons. The van der Waals surface area contributed by atoms with Crippen molar-refractivity contribution in [2.75, 3.05) is 44.2 Å². The monoisotopic (exact) mass is 356 g/mol. The Kier molecular flexibility index (Phi) is 4.85. The second-order valence-corrected chi connectivity index (χ2v) is 6.79. The summed E-state index contributed by atoms with van der Waals surface area (Å²) in [5.41, 5.74) is 2.06. The van der Waals surface area contributed by atoms with Crippen LogP contribution in [0.1, 0.15) is 18.4 Å². The van der Waals surface area contributed by atoms with E-state index in [0.717, 1.165) is 51.2 Å². The van der Waals surface area contributed by atoms with Gasteiger partial charge in [-0.3, -0.25) is 19.4 Å². The lowest BCUT2D eigenvalue weighted by atomic mass is 10.1. The maximum absolute atomic E-state index is 12.1. The quantitative estimate of drug-likeness (QED) is 0.821. The third-order valence-corrected chi connectivity index (χ3v) is 5.06. The molecule has 0 unspecified atom stereocenters. The lowest BCUT2D eigenvalue weighted by molar-refractivity contribution is -0.120. The van der Waals surface area contributed by atoms with Gasteiger partial charge in [0, 0.05) is 45.3 Å². The summed E-state index contributed by atoms with van der Waals surface area (Å²) >= 11 is 0. The molecular formula is C18H24N6O2. The molecule has 2 aromatic heterocycles. The number of aromatic nitrogens is 2. The number of urea groups is 1. The highest BCUT2D eigenvalue weighted by Gasteiger charge is 2.26. The predicted molar refractivity (Wildman–Crippen MR) is 98.3 cm³/mol. The van der Waals surface area contributed by atoms with Crippen molar-refractivity contribution in [2.24, 2.45) is 0 Å². The van der Waals surface area contributed by atoms with Gasteiger partial charge in [0.05, 0.1) is 6.20 Å². The summed E-state index contributed by atoms with van der Waals surface area (Å²) in [7, 11) is 0. The number of fused-ring (bicyclic) bond motifs is 1. The van der Waals surface area contributed by atoms with E-state index < -0.39 is 0 Å². The molecule has 8 nitrogen and oxygen atoms in total. The number of carbonyl (C=O) groups excluding carboxylic acids is 2. The maximum Gasteiger partial charge on any atom is 0.329 e. The third kappa shape index (κ3) is 3.42. The van der Waals surface area contributed by atoms with Gasteiger partial charge in [-0.2, -0.15) is 0 Å². The molecule has 2 saturated heterocycles. The van der Waals surface area contributed by atoms with Crippen molar-refractivity contribution in [3.05, 3.63) is 30.1 Å². The number of hydrogen-bond donors (Lipinski definition) is 2. The van der Waals surface area contributed by atoms with Gasteiger partial charge in [0.15, 0.2) is 0 Å². The van der Waals surface area contributed by atoms with E-state index in [0.29, 0.717) is 18.8 Å². The zero-order chi connectivity index (χ0) is 17.9. The number of hydrogen-bond acceptors (Lipinski definition) is 5. The third-order valence-electron chi connectivity index (χ3n) is 5.06. The van der Waals surface area contributed by atoms with Gasteiger partial charge >= 0.3 is 6.03 Å². The van der Waals surface area contributed by atoms with Gasteiger partial charge < -0.3 is 10.2 Å². The summed E-state index contributed by atoms with van der Waals surface area (Å²) in [5.74, 6) is 0.475. The van der Waals surface area contributed by atoms with Gasteiger partial charge in [-0.15, -0.1) is 0 Å². The summed E-state index contributed by atoms with van der Waals surface area (Å²) in [5, 5.41) is 5.74. The van der Waals surface area contributed by atoms with Crippen molar-refractivity contribution in [3.8, 4) is 0 Å². The van der Waals surface area contributed by atoms with Crippen LogP contribution in [0.15, 0.2) is 24.5 Å². The number of piperazine rings is 1. The van der Waals surface area contributed by atoms with E-state index in [2.05, 4.69) is 26.6 Å². The molecule has 0 bridgehead atoms. The van der Waals surface area contributed by atoms with Crippen molar-refractivity contribution < 1.29 is 9.59 Å². The first-order chi connectivity index (χ1) is 12.7. The van der Waals surface area contributed by atoms with Crippen LogP contribution in [0, 0.1) is 0 Å². The van der Waals surface area contributed by atoms with Crippen molar-refractivity contribution >= 4 is 23.4 Å². The molecule has 4 heterocycles. The first-order valence-corrected chi connectivity index (χ1v) is 9.22. The average molecular weight is 356 g/mol. The Morgan fingerprint density at radius 3 is 2.81 bits per heavy atom. The second kappa shape index (κ2) is 7.43. The zero-order valence-electron chi connectivity index (χ0n) is 14.8. The Bertz CT molecular complexity index is 811. The molecule has 3 amide bonds. The molecule has 2 aromatic rings. The van der Waals surface area contributed by atoms with E-state index in [1.807, 2.05) is 16.7 Å². The maximum atomic E-state index is 12.1. The number of nitrogens with one attached hydrogen (secondary N) is 2. The topological polar surface area (TPSA) is 82.0 Å². The van der Waals surface area contributed by atoms with E-state index in [9.17, 15) is 9.59 Å². The normalized spacial score (nSPS) is 19.2. The lowest BCUT2D eigenvalue weighted by Gasteiger charge is -2.27. The molecule has 2 fully saturated rings. The number of aryl methyl sites for hydroxylation is 1. The van der Waals surface area contributed by atoms with Crippen LogP contribution in [0.2, 0.25) is 0 Å². The van der Waals surface area contributed by atoms with Crippen molar-refractivity contribution in [2.45, 2.75) is 19.3 Å². The number of amides is 3. The van der Waals surface area contributed by atoms with Crippen molar-refractivity contribution in [1.82, 2.24) is 24.9 Å². The fourth-order valence-electron chi connectivity index (χ4n) is 3.66. The van der Waals surface area contributed by atoms with Crippen LogP contribution in [0.5, 0.6) is 0 Å². The summed E-state index contributed by atoms with van der Waals surface area (Å²) in [6.45, 7) is 5.83. The highest BCUT2D eigenvalue weighted by Crippen LogP contribution is 2.22. The minimum atomic E-state index is -0.382. The number of pyridine rings is 1. The van der Waals surface area contributed by atoms with Crippen LogP contribution in [-0.4, -0.2) is 65.5 Å². The van der Waals surface area contributed by atoms with Gasteiger partial charge in [-0.05, 0) is 31.0 Å². The molecule has 0 saturated carbocycles.